The smallest absolute Gasteiger partial charge is 0.211 e. The van der Waals surface area contributed by atoms with E-state index in [1.54, 1.807) is 0 Å². The van der Waals surface area contributed by atoms with Crippen LogP contribution in [0.2, 0.25) is 0 Å². The minimum absolute atomic E-state index is 0.239. The van der Waals surface area contributed by atoms with Gasteiger partial charge in [-0.1, -0.05) is 13.8 Å². The molecule has 20 heavy (non-hydrogen) atoms. The average Bonchev–Trinajstić information content (AvgIpc) is 2.39. The third-order valence-electron chi connectivity index (χ3n) is 3.25. The van der Waals surface area contributed by atoms with Crippen molar-refractivity contribution >= 4 is 21.8 Å². The van der Waals surface area contributed by atoms with Crippen LogP contribution in [0, 0.1) is 0 Å². The second-order valence-electron chi connectivity index (χ2n) is 5.48. The van der Waals surface area contributed by atoms with E-state index in [0.29, 0.717) is 12.6 Å². The highest BCUT2D eigenvalue weighted by Crippen LogP contribution is 2.08. The Hall–Kier alpha value is 0.180. The van der Waals surface area contributed by atoms with Crippen molar-refractivity contribution in [2.45, 2.75) is 32.7 Å². The lowest BCUT2D eigenvalue weighted by atomic mass is 10.3. The number of nitrogens with one attached hydrogen (secondary N) is 2. The van der Waals surface area contributed by atoms with Gasteiger partial charge in [-0.05, 0) is 19.4 Å². The van der Waals surface area contributed by atoms with Crippen molar-refractivity contribution < 1.29 is 8.42 Å². The molecule has 0 amide bonds. The Morgan fingerprint density at radius 3 is 2.50 bits per heavy atom. The van der Waals surface area contributed by atoms with E-state index < -0.39 is 10.0 Å². The first-order valence-electron chi connectivity index (χ1n) is 7.50. The van der Waals surface area contributed by atoms with E-state index in [0.717, 1.165) is 50.5 Å². The molecule has 2 N–H and O–H groups in total. The molecule has 120 valence electrons. The summed E-state index contributed by atoms with van der Waals surface area (Å²) in [5.74, 6) is 2.56. The summed E-state index contributed by atoms with van der Waals surface area (Å²) >= 11 is 1.97. The monoisotopic (exact) mass is 323 g/mol. The van der Waals surface area contributed by atoms with Crippen molar-refractivity contribution in [2.75, 3.05) is 50.0 Å². The summed E-state index contributed by atoms with van der Waals surface area (Å²) in [6, 6.07) is 0.465. The quantitative estimate of drug-likeness (QED) is 0.581. The number of sulfonamides is 1. The molecule has 0 aromatic heterocycles. The normalized spacial score (nSPS) is 17.8. The van der Waals surface area contributed by atoms with Crippen LogP contribution in [0.5, 0.6) is 0 Å². The van der Waals surface area contributed by atoms with E-state index in [2.05, 4.69) is 28.8 Å². The number of nitrogens with zero attached hydrogens (tertiary/aromatic N) is 1. The van der Waals surface area contributed by atoms with Gasteiger partial charge in [0.15, 0.2) is 0 Å². The largest absolute Gasteiger partial charge is 0.315 e. The fraction of sp³-hybridized carbons (Fsp3) is 1.00. The van der Waals surface area contributed by atoms with Gasteiger partial charge in [-0.2, -0.15) is 11.8 Å². The Morgan fingerprint density at radius 1 is 1.15 bits per heavy atom. The van der Waals surface area contributed by atoms with E-state index in [4.69, 9.17) is 0 Å². The van der Waals surface area contributed by atoms with Gasteiger partial charge in [0.05, 0.1) is 5.75 Å². The number of unbranched alkanes of at least 4 members (excludes halogenated alkanes) is 1. The number of rotatable bonds is 10. The van der Waals surface area contributed by atoms with Gasteiger partial charge in [0, 0.05) is 43.7 Å². The molecular formula is C13H29N3O2S2. The highest BCUT2D eigenvalue weighted by atomic mass is 32.2. The summed E-state index contributed by atoms with van der Waals surface area (Å²) in [5, 5.41) is 3.29. The van der Waals surface area contributed by atoms with Gasteiger partial charge in [0.1, 0.15) is 0 Å². The summed E-state index contributed by atoms with van der Waals surface area (Å²) in [6.45, 7) is 8.60. The minimum atomic E-state index is -3.09. The molecule has 7 heteroatoms. The highest BCUT2D eigenvalue weighted by molar-refractivity contribution is 7.99. The number of thioether (sulfide) groups is 1. The van der Waals surface area contributed by atoms with Gasteiger partial charge < -0.3 is 10.2 Å². The van der Waals surface area contributed by atoms with Crippen LogP contribution in [0.3, 0.4) is 0 Å². The zero-order chi connectivity index (χ0) is 14.8. The molecule has 1 fully saturated rings. The molecule has 1 heterocycles. The summed E-state index contributed by atoms with van der Waals surface area (Å²) in [5.41, 5.74) is 0. The first-order chi connectivity index (χ1) is 9.49. The Kier molecular flexibility index (Phi) is 9.11. The van der Waals surface area contributed by atoms with E-state index >= 15 is 0 Å². The average molecular weight is 324 g/mol. The van der Waals surface area contributed by atoms with Crippen LogP contribution >= 0.6 is 11.8 Å². The zero-order valence-corrected chi connectivity index (χ0v) is 14.4. The fourth-order valence-electron chi connectivity index (χ4n) is 2.06. The summed E-state index contributed by atoms with van der Waals surface area (Å²) in [6.07, 6.45) is 1.62. The van der Waals surface area contributed by atoms with Gasteiger partial charge in [-0.25, -0.2) is 13.1 Å². The zero-order valence-electron chi connectivity index (χ0n) is 12.7. The summed E-state index contributed by atoms with van der Waals surface area (Å²) in [7, 11) is -3.09. The molecule has 1 aliphatic heterocycles. The van der Waals surface area contributed by atoms with Crippen LogP contribution in [0.25, 0.3) is 0 Å². The lowest BCUT2D eigenvalue weighted by Gasteiger charge is -2.25. The molecule has 0 bridgehead atoms. The number of hydrogen-bond donors (Lipinski definition) is 2. The molecule has 0 spiro atoms. The fourth-order valence-corrected chi connectivity index (χ4v) is 4.17. The van der Waals surface area contributed by atoms with Gasteiger partial charge in [-0.15, -0.1) is 0 Å². The lowest BCUT2D eigenvalue weighted by molar-refractivity contribution is 0.307. The molecular weight excluding hydrogens is 294 g/mol. The predicted octanol–water partition coefficient (Wildman–Crippen LogP) is 0.733. The van der Waals surface area contributed by atoms with Crippen LogP contribution in [-0.4, -0.2) is 69.3 Å². The van der Waals surface area contributed by atoms with Crippen molar-refractivity contribution in [2.24, 2.45) is 0 Å². The van der Waals surface area contributed by atoms with E-state index in [1.807, 2.05) is 11.8 Å². The molecule has 1 rings (SSSR count). The van der Waals surface area contributed by atoms with E-state index in [9.17, 15) is 8.42 Å². The second kappa shape index (κ2) is 10.00. The molecule has 0 radical (unpaired) electrons. The molecule has 0 aromatic rings. The second-order valence-corrected chi connectivity index (χ2v) is 8.63. The maximum absolute atomic E-state index is 11.8. The standard InChI is InChI=1S/C13H29N3O2S2/c1-13(2)14-5-3-4-12-20(17,18)15-6-7-16-8-10-19-11-9-16/h13-15H,3-12H2,1-2H3. The molecule has 0 unspecified atom stereocenters. The third kappa shape index (κ3) is 9.18. The van der Waals surface area contributed by atoms with E-state index in [-0.39, 0.29) is 5.75 Å². The minimum Gasteiger partial charge on any atom is -0.315 e. The molecule has 5 nitrogen and oxygen atoms in total. The maximum atomic E-state index is 11.8. The Morgan fingerprint density at radius 2 is 1.85 bits per heavy atom. The third-order valence-corrected chi connectivity index (χ3v) is 5.66. The molecule has 0 atom stereocenters. The molecule has 0 saturated carbocycles. The van der Waals surface area contributed by atoms with Gasteiger partial charge in [0.25, 0.3) is 0 Å². The Labute approximate surface area is 128 Å². The van der Waals surface area contributed by atoms with Crippen molar-refractivity contribution in [3.63, 3.8) is 0 Å². The van der Waals surface area contributed by atoms with Crippen LogP contribution in [-0.2, 0) is 10.0 Å². The lowest BCUT2D eigenvalue weighted by Crippen LogP contribution is -2.39. The Bertz CT molecular complexity index is 342. The topological polar surface area (TPSA) is 61.4 Å². The van der Waals surface area contributed by atoms with E-state index in [1.165, 1.54) is 0 Å². The van der Waals surface area contributed by atoms with Gasteiger partial charge in [-0.3, -0.25) is 0 Å². The SMILES string of the molecule is CC(C)NCCCCS(=O)(=O)NCCN1CCSCC1. The molecule has 1 aliphatic rings. The number of hydrogen-bond acceptors (Lipinski definition) is 5. The van der Waals surface area contributed by atoms with Crippen molar-refractivity contribution in [3.05, 3.63) is 0 Å². The van der Waals surface area contributed by atoms with Crippen LogP contribution in [0.15, 0.2) is 0 Å². The predicted molar refractivity (Wildman–Crippen MR) is 87.9 cm³/mol. The maximum Gasteiger partial charge on any atom is 0.211 e. The van der Waals surface area contributed by atoms with Gasteiger partial charge >= 0.3 is 0 Å². The molecule has 1 saturated heterocycles. The first kappa shape index (κ1) is 18.2. The summed E-state index contributed by atoms with van der Waals surface area (Å²) in [4.78, 5) is 2.32. The Balaban J connectivity index is 2.05. The van der Waals surface area contributed by atoms with Crippen LogP contribution in [0.1, 0.15) is 26.7 Å². The first-order valence-corrected chi connectivity index (χ1v) is 10.3. The van der Waals surface area contributed by atoms with Gasteiger partial charge in [0.2, 0.25) is 10.0 Å². The van der Waals surface area contributed by atoms with Crippen molar-refractivity contribution in [1.29, 1.82) is 0 Å². The molecule has 0 aliphatic carbocycles. The van der Waals surface area contributed by atoms with Crippen LogP contribution < -0.4 is 10.0 Å². The highest BCUT2D eigenvalue weighted by Gasteiger charge is 2.12. The summed E-state index contributed by atoms with van der Waals surface area (Å²) < 4.78 is 26.3. The van der Waals surface area contributed by atoms with Crippen molar-refractivity contribution in [3.8, 4) is 0 Å². The van der Waals surface area contributed by atoms with Crippen LogP contribution in [0.4, 0.5) is 0 Å². The molecule has 0 aromatic carbocycles. The van der Waals surface area contributed by atoms with Crippen molar-refractivity contribution in [1.82, 2.24) is 14.9 Å².